The lowest BCUT2D eigenvalue weighted by molar-refractivity contribution is -0.384. The summed E-state index contributed by atoms with van der Waals surface area (Å²) in [6.07, 6.45) is 11.3. The van der Waals surface area contributed by atoms with E-state index >= 15 is 0 Å². The first-order valence-corrected chi connectivity index (χ1v) is 7.67. The standard InChI is InChI=1S/C16H25NO2.N2/c1-2-3-4-5-6-7-8-9-11-15-12-10-13-16(14-15)17(18)19;1-2/h10,12-14H,2-9,11H2,1H3;. The first-order chi connectivity index (χ1) is 10.2. The number of aryl methyl sites for hydroxylation is 1. The molecule has 0 N–H and O–H groups in total. The smallest absolute Gasteiger partial charge is 0.258 e. The van der Waals surface area contributed by atoms with E-state index in [2.05, 4.69) is 6.92 Å². The van der Waals surface area contributed by atoms with Crippen molar-refractivity contribution in [1.82, 2.24) is 0 Å². The molecule has 0 saturated carbocycles. The van der Waals surface area contributed by atoms with Crippen molar-refractivity contribution < 1.29 is 4.92 Å². The summed E-state index contributed by atoms with van der Waals surface area (Å²) in [5, 5.41) is 22.7. The van der Waals surface area contributed by atoms with Crippen LogP contribution in [0.25, 0.3) is 0 Å². The molecule has 0 radical (unpaired) electrons. The van der Waals surface area contributed by atoms with Gasteiger partial charge in [-0.3, -0.25) is 10.1 Å². The maximum Gasteiger partial charge on any atom is 0.269 e. The number of nitrogens with zero attached hydrogens (tertiary/aromatic N) is 3. The molecular formula is C16H25N3O2. The van der Waals surface area contributed by atoms with Gasteiger partial charge in [-0.05, 0) is 18.4 Å². The van der Waals surface area contributed by atoms with Gasteiger partial charge in [0.05, 0.1) is 4.92 Å². The molecule has 116 valence electrons. The summed E-state index contributed by atoms with van der Waals surface area (Å²) in [6.45, 7) is 2.24. The Morgan fingerprint density at radius 3 is 2.14 bits per heavy atom. The van der Waals surface area contributed by atoms with E-state index in [0.717, 1.165) is 18.4 Å². The highest BCUT2D eigenvalue weighted by atomic mass is 16.6. The monoisotopic (exact) mass is 291 g/mol. The molecule has 0 aliphatic heterocycles. The Labute approximate surface area is 126 Å². The topological polar surface area (TPSA) is 90.7 Å². The second kappa shape index (κ2) is 13.0. The molecule has 0 heterocycles. The molecule has 0 amide bonds. The summed E-state index contributed by atoms with van der Waals surface area (Å²) in [5.74, 6) is 0. The minimum Gasteiger partial charge on any atom is -0.258 e. The number of hydrogen-bond donors (Lipinski definition) is 0. The Kier molecular flexibility index (Phi) is 11.8. The Bertz CT molecular complexity index is 419. The van der Waals surface area contributed by atoms with Crippen LogP contribution in [0.3, 0.4) is 0 Å². The first kappa shape index (κ1) is 19.0. The van der Waals surface area contributed by atoms with Gasteiger partial charge in [-0.25, -0.2) is 0 Å². The maximum absolute atomic E-state index is 10.7. The minimum absolute atomic E-state index is 0.206. The molecule has 0 spiro atoms. The zero-order valence-corrected chi connectivity index (χ0v) is 12.8. The molecule has 0 bridgehead atoms. The lowest BCUT2D eigenvalue weighted by Crippen LogP contribution is -1.91. The van der Waals surface area contributed by atoms with E-state index < -0.39 is 0 Å². The van der Waals surface area contributed by atoms with Crippen molar-refractivity contribution in [3.8, 4) is 0 Å². The van der Waals surface area contributed by atoms with Crippen LogP contribution in [0, 0.1) is 20.9 Å². The highest BCUT2D eigenvalue weighted by Gasteiger charge is 2.04. The summed E-state index contributed by atoms with van der Waals surface area (Å²) in [7, 11) is 0. The van der Waals surface area contributed by atoms with Crippen molar-refractivity contribution >= 4 is 5.69 Å². The summed E-state index contributed by atoms with van der Waals surface area (Å²) >= 11 is 0. The predicted octanol–water partition coefficient (Wildman–Crippen LogP) is 5.31. The number of benzene rings is 1. The van der Waals surface area contributed by atoms with Gasteiger partial charge in [0.1, 0.15) is 0 Å². The SMILES string of the molecule is CCCCCCCCCCc1cccc([N+](=O)[O-])c1.N#N. The fraction of sp³-hybridized carbons (Fsp3) is 0.625. The molecule has 0 saturated heterocycles. The van der Waals surface area contributed by atoms with Gasteiger partial charge in [0.15, 0.2) is 0 Å². The molecule has 5 nitrogen and oxygen atoms in total. The number of nitro benzene ring substituents is 1. The van der Waals surface area contributed by atoms with Crippen molar-refractivity contribution in [3.63, 3.8) is 0 Å². The van der Waals surface area contributed by atoms with Crippen molar-refractivity contribution in [2.75, 3.05) is 0 Å². The third-order valence-electron chi connectivity index (χ3n) is 3.44. The van der Waals surface area contributed by atoms with Crippen LogP contribution in [0.1, 0.15) is 63.9 Å². The average molecular weight is 291 g/mol. The number of hydrogen-bond acceptors (Lipinski definition) is 4. The Balaban J connectivity index is 0.00000191. The van der Waals surface area contributed by atoms with Gasteiger partial charge in [-0.15, -0.1) is 0 Å². The van der Waals surface area contributed by atoms with Crippen LogP contribution in [0.4, 0.5) is 5.69 Å². The molecule has 1 aromatic carbocycles. The van der Waals surface area contributed by atoms with Gasteiger partial charge in [-0.1, -0.05) is 64.0 Å². The zero-order valence-electron chi connectivity index (χ0n) is 12.8. The van der Waals surface area contributed by atoms with E-state index in [4.69, 9.17) is 10.8 Å². The van der Waals surface area contributed by atoms with Crippen LogP contribution < -0.4 is 0 Å². The van der Waals surface area contributed by atoms with Crippen molar-refractivity contribution in [2.24, 2.45) is 0 Å². The van der Waals surface area contributed by atoms with Gasteiger partial charge < -0.3 is 0 Å². The molecule has 0 atom stereocenters. The third-order valence-corrected chi connectivity index (χ3v) is 3.44. The van der Waals surface area contributed by atoms with E-state index in [9.17, 15) is 10.1 Å². The quantitative estimate of drug-likeness (QED) is 0.253. The van der Waals surface area contributed by atoms with E-state index in [1.165, 1.54) is 44.9 Å². The molecule has 1 aromatic rings. The maximum atomic E-state index is 10.7. The number of non-ortho nitro benzene ring substituents is 1. The number of nitro groups is 1. The van der Waals surface area contributed by atoms with Gasteiger partial charge in [-0.2, -0.15) is 0 Å². The van der Waals surface area contributed by atoms with Gasteiger partial charge >= 0.3 is 0 Å². The summed E-state index contributed by atoms with van der Waals surface area (Å²) < 4.78 is 0. The van der Waals surface area contributed by atoms with Crippen molar-refractivity contribution in [3.05, 3.63) is 39.9 Å². The van der Waals surface area contributed by atoms with Crippen LogP contribution in [0.5, 0.6) is 0 Å². The second-order valence-corrected chi connectivity index (χ2v) is 5.15. The fourth-order valence-electron chi connectivity index (χ4n) is 2.29. The average Bonchev–Trinajstić information content (AvgIpc) is 2.52. The van der Waals surface area contributed by atoms with Gasteiger partial charge in [0.2, 0.25) is 0 Å². The van der Waals surface area contributed by atoms with Crippen LogP contribution in [-0.2, 0) is 6.42 Å². The van der Waals surface area contributed by atoms with Crippen molar-refractivity contribution in [2.45, 2.75) is 64.7 Å². The molecule has 21 heavy (non-hydrogen) atoms. The minimum atomic E-state index is -0.322. The summed E-state index contributed by atoms with van der Waals surface area (Å²) in [5.41, 5.74) is 1.29. The largest absolute Gasteiger partial charge is 0.269 e. The van der Waals surface area contributed by atoms with Crippen molar-refractivity contribution in [1.29, 1.82) is 10.8 Å². The Morgan fingerprint density at radius 1 is 1.00 bits per heavy atom. The molecule has 0 aromatic heterocycles. The van der Waals surface area contributed by atoms with E-state index in [1.54, 1.807) is 18.2 Å². The lowest BCUT2D eigenvalue weighted by atomic mass is 10.0. The first-order valence-electron chi connectivity index (χ1n) is 7.67. The van der Waals surface area contributed by atoms with Crippen LogP contribution in [0.2, 0.25) is 0 Å². The number of unbranched alkanes of at least 4 members (excludes halogenated alkanes) is 7. The third kappa shape index (κ3) is 9.55. The molecule has 0 aliphatic rings. The normalized spacial score (nSPS) is 9.67. The molecule has 5 heteroatoms. The zero-order chi connectivity index (χ0) is 15.9. The van der Waals surface area contributed by atoms with E-state index in [-0.39, 0.29) is 10.6 Å². The molecule has 0 aliphatic carbocycles. The van der Waals surface area contributed by atoms with Crippen LogP contribution in [-0.4, -0.2) is 4.92 Å². The highest BCUT2D eigenvalue weighted by molar-refractivity contribution is 5.34. The Morgan fingerprint density at radius 2 is 1.57 bits per heavy atom. The summed E-state index contributed by atoms with van der Waals surface area (Å²) in [4.78, 5) is 10.3. The fourth-order valence-corrected chi connectivity index (χ4v) is 2.29. The highest BCUT2D eigenvalue weighted by Crippen LogP contribution is 2.16. The Hall–Kier alpha value is -1.96. The van der Waals surface area contributed by atoms with Gasteiger partial charge in [0, 0.05) is 22.9 Å². The second-order valence-electron chi connectivity index (χ2n) is 5.15. The van der Waals surface area contributed by atoms with E-state index in [0.29, 0.717) is 0 Å². The number of rotatable bonds is 10. The van der Waals surface area contributed by atoms with Gasteiger partial charge in [0.25, 0.3) is 5.69 Å². The summed E-state index contributed by atoms with van der Waals surface area (Å²) in [6, 6.07) is 7.00. The van der Waals surface area contributed by atoms with Crippen LogP contribution >= 0.6 is 0 Å². The molecule has 1 rings (SSSR count). The molecular weight excluding hydrogens is 266 g/mol. The van der Waals surface area contributed by atoms with Crippen LogP contribution in [0.15, 0.2) is 24.3 Å². The lowest BCUT2D eigenvalue weighted by Gasteiger charge is -2.02. The molecule has 0 fully saturated rings. The van der Waals surface area contributed by atoms with E-state index in [1.807, 2.05) is 6.07 Å². The predicted molar refractivity (Wildman–Crippen MR) is 82.9 cm³/mol. The molecule has 0 unspecified atom stereocenters.